The van der Waals surface area contributed by atoms with Crippen molar-refractivity contribution in [3.8, 4) is 0 Å². The number of aromatic nitrogens is 2. The minimum absolute atomic E-state index is 0.00544. The Bertz CT molecular complexity index is 481. The quantitative estimate of drug-likeness (QED) is 0.872. The molecule has 1 aliphatic rings. The van der Waals surface area contributed by atoms with Gasteiger partial charge >= 0.3 is 6.18 Å². The van der Waals surface area contributed by atoms with E-state index in [0.29, 0.717) is 19.6 Å². The molecule has 0 aliphatic carbocycles. The second kappa shape index (κ2) is 6.46. The molecule has 21 heavy (non-hydrogen) atoms. The molecule has 1 fully saturated rings. The number of nitrogens with one attached hydrogen (secondary N) is 1. The van der Waals surface area contributed by atoms with Crippen molar-refractivity contribution in [1.29, 1.82) is 0 Å². The van der Waals surface area contributed by atoms with Crippen molar-refractivity contribution in [2.75, 3.05) is 36.5 Å². The second-order valence-electron chi connectivity index (χ2n) is 5.14. The van der Waals surface area contributed by atoms with Crippen LogP contribution in [0.2, 0.25) is 0 Å². The zero-order chi connectivity index (χ0) is 15.5. The molecule has 0 spiro atoms. The van der Waals surface area contributed by atoms with Gasteiger partial charge in [0, 0.05) is 38.2 Å². The predicted molar refractivity (Wildman–Crippen MR) is 73.2 cm³/mol. The van der Waals surface area contributed by atoms with Crippen molar-refractivity contribution in [2.45, 2.75) is 25.9 Å². The normalized spacial score (nSPS) is 19.1. The summed E-state index contributed by atoms with van der Waals surface area (Å²) < 4.78 is 38.8. The first-order valence-corrected chi connectivity index (χ1v) is 7.00. The fourth-order valence-corrected chi connectivity index (χ4v) is 2.25. The Labute approximate surface area is 121 Å². The molecule has 1 aromatic heterocycles. The van der Waals surface area contributed by atoms with Crippen molar-refractivity contribution >= 4 is 11.8 Å². The highest BCUT2D eigenvalue weighted by Gasteiger charge is 2.35. The average molecular weight is 304 g/mol. The third-order valence-electron chi connectivity index (χ3n) is 3.40. The lowest BCUT2D eigenvalue weighted by molar-refractivity contribution is -0.141. The third-order valence-corrected chi connectivity index (χ3v) is 3.40. The summed E-state index contributed by atoms with van der Waals surface area (Å²) in [6.07, 6.45) is -2.98. The zero-order valence-corrected chi connectivity index (χ0v) is 11.8. The van der Waals surface area contributed by atoms with E-state index in [1.807, 2.05) is 6.92 Å². The molecule has 8 heteroatoms. The maximum atomic E-state index is 12.9. The van der Waals surface area contributed by atoms with E-state index in [1.165, 1.54) is 0 Å². The number of rotatable bonds is 5. The summed E-state index contributed by atoms with van der Waals surface area (Å²) >= 11 is 0. The molecular formula is C13H19F3N4O. The standard InChI is InChI=1S/C13H19F3N4O/c1-2-4-17-12-18-10(13(14,15)16)6-11(19-12)20-5-3-9(7-20)8-21/h6,9,21H,2-5,7-8H2,1H3,(H,17,18,19). The minimum atomic E-state index is -4.50. The van der Waals surface area contributed by atoms with Crippen LogP contribution in [-0.2, 0) is 6.18 Å². The number of alkyl halides is 3. The van der Waals surface area contributed by atoms with E-state index in [1.54, 1.807) is 4.90 Å². The van der Waals surface area contributed by atoms with Gasteiger partial charge in [-0.2, -0.15) is 18.2 Å². The van der Waals surface area contributed by atoms with Gasteiger partial charge in [-0.25, -0.2) is 4.98 Å². The highest BCUT2D eigenvalue weighted by Crippen LogP contribution is 2.32. The number of hydrogen-bond donors (Lipinski definition) is 2. The molecule has 1 unspecified atom stereocenters. The maximum Gasteiger partial charge on any atom is 0.433 e. The molecule has 0 radical (unpaired) electrons. The fourth-order valence-electron chi connectivity index (χ4n) is 2.25. The Hall–Kier alpha value is -1.57. The molecule has 1 aliphatic heterocycles. The van der Waals surface area contributed by atoms with Crippen LogP contribution in [0.25, 0.3) is 0 Å². The second-order valence-corrected chi connectivity index (χ2v) is 5.14. The van der Waals surface area contributed by atoms with Crippen LogP contribution in [0.3, 0.4) is 0 Å². The van der Waals surface area contributed by atoms with Crippen LogP contribution in [0.4, 0.5) is 24.9 Å². The van der Waals surface area contributed by atoms with E-state index in [2.05, 4.69) is 15.3 Å². The van der Waals surface area contributed by atoms with E-state index in [0.717, 1.165) is 18.9 Å². The van der Waals surface area contributed by atoms with E-state index < -0.39 is 11.9 Å². The number of anilines is 2. The summed E-state index contributed by atoms with van der Waals surface area (Å²) in [6, 6.07) is 0.969. The zero-order valence-electron chi connectivity index (χ0n) is 11.8. The lowest BCUT2D eigenvalue weighted by Crippen LogP contribution is -2.24. The van der Waals surface area contributed by atoms with Crippen LogP contribution in [0.1, 0.15) is 25.5 Å². The van der Waals surface area contributed by atoms with Crippen LogP contribution in [0.5, 0.6) is 0 Å². The first-order chi connectivity index (χ1) is 9.94. The van der Waals surface area contributed by atoms with Gasteiger partial charge in [-0.15, -0.1) is 0 Å². The highest BCUT2D eigenvalue weighted by molar-refractivity contribution is 5.46. The van der Waals surface area contributed by atoms with Crippen molar-refractivity contribution in [2.24, 2.45) is 5.92 Å². The van der Waals surface area contributed by atoms with E-state index in [9.17, 15) is 13.2 Å². The van der Waals surface area contributed by atoms with Crippen LogP contribution in [-0.4, -0.2) is 41.3 Å². The Balaban J connectivity index is 2.27. The lowest BCUT2D eigenvalue weighted by Gasteiger charge is -2.19. The van der Waals surface area contributed by atoms with Crippen LogP contribution in [0, 0.1) is 5.92 Å². The molecule has 0 aromatic carbocycles. The van der Waals surface area contributed by atoms with Crippen molar-refractivity contribution < 1.29 is 18.3 Å². The number of aliphatic hydroxyl groups is 1. The predicted octanol–water partition coefficient (Wildman–Crippen LogP) is 2.14. The summed E-state index contributed by atoms with van der Waals surface area (Å²) in [4.78, 5) is 9.45. The first-order valence-electron chi connectivity index (χ1n) is 7.00. The van der Waals surface area contributed by atoms with Gasteiger partial charge in [-0.05, 0) is 12.8 Å². The Morgan fingerprint density at radius 3 is 2.76 bits per heavy atom. The van der Waals surface area contributed by atoms with E-state index >= 15 is 0 Å². The molecule has 118 valence electrons. The highest BCUT2D eigenvalue weighted by atomic mass is 19.4. The molecule has 2 heterocycles. The lowest BCUT2D eigenvalue weighted by atomic mass is 10.1. The van der Waals surface area contributed by atoms with Gasteiger partial charge < -0.3 is 15.3 Å². The molecule has 2 rings (SSSR count). The summed E-state index contributed by atoms with van der Waals surface area (Å²) in [5.41, 5.74) is -0.946. The van der Waals surface area contributed by atoms with E-state index in [4.69, 9.17) is 5.11 Å². The monoisotopic (exact) mass is 304 g/mol. The van der Waals surface area contributed by atoms with Crippen molar-refractivity contribution in [3.63, 3.8) is 0 Å². The van der Waals surface area contributed by atoms with Gasteiger partial charge in [-0.1, -0.05) is 6.92 Å². The number of aliphatic hydroxyl groups excluding tert-OH is 1. The summed E-state index contributed by atoms with van der Waals surface area (Å²) in [6.45, 7) is 3.56. The Kier molecular flexibility index (Phi) is 4.87. The maximum absolute atomic E-state index is 12.9. The minimum Gasteiger partial charge on any atom is -0.396 e. The van der Waals surface area contributed by atoms with Gasteiger partial charge in [0.05, 0.1) is 0 Å². The number of nitrogens with zero attached hydrogens (tertiary/aromatic N) is 3. The molecule has 0 bridgehead atoms. The van der Waals surface area contributed by atoms with Crippen LogP contribution < -0.4 is 10.2 Å². The molecular weight excluding hydrogens is 285 g/mol. The van der Waals surface area contributed by atoms with Crippen molar-refractivity contribution in [3.05, 3.63) is 11.8 Å². The van der Waals surface area contributed by atoms with Crippen molar-refractivity contribution in [1.82, 2.24) is 9.97 Å². The largest absolute Gasteiger partial charge is 0.433 e. The summed E-state index contributed by atoms with van der Waals surface area (Å²) in [7, 11) is 0. The fraction of sp³-hybridized carbons (Fsp3) is 0.692. The summed E-state index contributed by atoms with van der Waals surface area (Å²) in [5.74, 6) is 0.336. The average Bonchev–Trinajstić information content (AvgIpc) is 2.93. The number of halogens is 3. The molecule has 1 atom stereocenters. The van der Waals surface area contributed by atoms with Gasteiger partial charge in [0.25, 0.3) is 0 Å². The van der Waals surface area contributed by atoms with Crippen LogP contribution >= 0.6 is 0 Å². The van der Waals surface area contributed by atoms with Gasteiger partial charge in [0.2, 0.25) is 5.95 Å². The van der Waals surface area contributed by atoms with E-state index in [-0.39, 0.29) is 24.3 Å². The SMILES string of the molecule is CCCNc1nc(N2CCC(CO)C2)cc(C(F)(F)F)n1. The Morgan fingerprint density at radius 1 is 1.43 bits per heavy atom. The molecule has 2 N–H and O–H groups in total. The molecule has 0 saturated carbocycles. The third kappa shape index (κ3) is 3.96. The number of hydrogen-bond acceptors (Lipinski definition) is 5. The van der Waals surface area contributed by atoms with Gasteiger partial charge in [-0.3, -0.25) is 0 Å². The molecule has 5 nitrogen and oxygen atoms in total. The molecule has 1 saturated heterocycles. The smallest absolute Gasteiger partial charge is 0.396 e. The topological polar surface area (TPSA) is 61.3 Å². The summed E-state index contributed by atoms with van der Waals surface area (Å²) in [5, 5.41) is 11.9. The van der Waals surface area contributed by atoms with Gasteiger partial charge in [0.1, 0.15) is 5.82 Å². The molecule has 0 amide bonds. The Morgan fingerprint density at radius 2 is 2.19 bits per heavy atom. The van der Waals surface area contributed by atoms with Gasteiger partial charge in [0.15, 0.2) is 5.69 Å². The molecule has 1 aromatic rings. The first kappa shape index (κ1) is 15.8. The van der Waals surface area contributed by atoms with Crippen LogP contribution in [0.15, 0.2) is 6.07 Å².